The molecule has 1 aliphatic heterocycles. The van der Waals surface area contributed by atoms with Crippen molar-refractivity contribution in [2.45, 2.75) is 19.8 Å². The first-order valence-electron chi connectivity index (χ1n) is 8.17. The molecule has 0 amide bonds. The zero-order chi connectivity index (χ0) is 19.7. The maximum absolute atomic E-state index is 12.4. The highest BCUT2D eigenvalue weighted by Gasteiger charge is 2.37. The first kappa shape index (κ1) is 18.6. The molecule has 0 fully saturated rings. The van der Waals surface area contributed by atoms with Gasteiger partial charge in [0.15, 0.2) is 17.2 Å². The van der Waals surface area contributed by atoms with E-state index in [1.54, 1.807) is 26.0 Å². The number of nitriles is 1. The van der Waals surface area contributed by atoms with E-state index in [2.05, 4.69) is 6.07 Å². The number of fused-ring (bicyclic) bond motifs is 1. The molecular weight excluding hydrogens is 368 g/mol. The largest absolute Gasteiger partial charge is 0.504 e. The van der Waals surface area contributed by atoms with Crippen molar-refractivity contribution >= 4 is 17.3 Å². The van der Waals surface area contributed by atoms with E-state index < -0.39 is 11.9 Å². The normalized spacial score (nSPS) is 15.6. The van der Waals surface area contributed by atoms with E-state index in [9.17, 15) is 15.2 Å². The summed E-state index contributed by atoms with van der Waals surface area (Å²) in [5, 5.41) is 19.5. The van der Waals surface area contributed by atoms with Gasteiger partial charge in [-0.3, -0.25) is 0 Å². The van der Waals surface area contributed by atoms with Gasteiger partial charge in [-0.15, -0.1) is 11.3 Å². The number of carbonyl (C=O) groups is 1. The Labute approximate surface area is 160 Å². The lowest BCUT2D eigenvalue weighted by molar-refractivity contribution is 0.0522. The molecule has 140 valence electrons. The van der Waals surface area contributed by atoms with Crippen LogP contribution >= 0.6 is 11.3 Å². The fourth-order valence-corrected chi connectivity index (χ4v) is 4.24. The molecule has 0 spiro atoms. The predicted octanol–water partition coefficient (Wildman–Crippen LogP) is 3.17. The Morgan fingerprint density at radius 2 is 2.22 bits per heavy atom. The number of rotatable bonds is 4. The van der Waals surface area contributed by atoms with Gasteiger partial charge in [0.2, 0.25) is 5.88 Å². The quantitative estimate of drug-likeness (QED) is 0.776. The van der Waals surface area contributed by atoms with Crippen LogP contribution in [0.25, 0.3) is 0 Å². The lowest BCUT2D eigenvalue weighted by atomic mass is 9.88. The summed E-state index contributed by atoms with van der Waals surface area (Å²) in [6.07, 6.45) is 0. The molecule has 1 aliphatic rings. The summed E-state index contributed by atoms with van der Waals surface area (Å²) in [6.45, 7) is 3.74. The number of thiophene rings is 1. The molecule has 3 N–H and O–H groups in total. The van der Waals surface area contributed by atoms with Crippen molar-refractivity contribution < 1.29 is 24.1 Å². The molecule has 0 aliphatic carbocycles. The van der Waals surface area contributed by atoms with Gasteiger partial charge in [-0.05, 0) is 31.5 Å². The summed E-state index contributed by atoms with van der Waals surface area (Å²) in [7, 11) is 1.44. The first-order chi connectivity index (χ1) is 12.9. The average Bonchev–Trinajstić information content (AvgIpc) is 2.96. The monoisotopic (exact) mass is 386 g/mol. The Morgan fingerprint density at radius 3 is 2.85 bits per heavy atom. The number of methoxy groups -OCH3 is 1. The fourth-order valence-electron chi connectivity index (χ4n) is 3.03. The topological polar surface area (TPSA) is 115 Å². The Morgan fingerprint density at radius 1 is 1.48 bits per heavy atom. The number of esters is 1. The molecule has 0 radical (unpaired) electrons. The standard InChI is InChI=1S/C19H18N2O5S/c1-4-25-19(23)14-9(2)27-17-15(11(8-20)18(21)26-16(14)17)10-5-6-12(22)13(7-10)24-3/h5-7,15,22H,4,21H2,1-3H3. The van der Waals surface area contributed by atoms with Crippen LogP contribution in [0.3, 0.4) is 0 Å². The summed E-state index contributed by atoms with van der Waals surface area (Å²) in [5.41, 5.74) is 7.22. The lowest BCUT2D eigenvalue weighted by Gasteiger charge is -2.24. The number of hydrogen-bond donors (Lipinski definition) is 2. The van der Waals surface area contributed by atoms with Crippen molar-refractivity contribution in [1.29, 1.82) is 5.26 Å². The first-order valence-corrected chi connectivity index (χ1v) is 8.99. The highest BCUT2D eigenvalue weighted by atomic mass is 32.1. The minimum Gasteiger partial charge on any atom is -0.504 e. The van der Waals surface area contributed by atoms with Crippen molar-refractivity contribution in [3.05, 3.63) is 50.5 Å². The van der Waals surface area contributed by atoms with E-state index >= 15 is 0 Å². The fraction of sp³-hybridized carbons (Fsp3) is 0.263. The number of allylic oxidation sites excluding steroid dienone is 1. The van der Waals surface area contributed by atoms with Gasteiger partial charge in [0.1, 0.15) is 17.2 Å². The average molecular weight is 386 g/mol. The number of nitrogens with two attached hydrogens (primary N) is 1. The van der Waals surface area contributed by atoms with Crippen LogP contribution in [0.5, 0.6) is 17.2 Å². The minimum atomic E-state index is -0.542. The molecule has 3 rings (SSSR count). The van der Waals surface area contributed by atoms with Gasteiger partial charge in [-0.1, -0.05) is 6.07 Å². The van der Waals surface area contributed by atoms with E-state index in [0.29, 0.717) is 26.6 Å². The third-order valence-corrected chi connectivity index (χ3v) is 5.38. The lowest BCUT2D eigenvalue weighted by Crippen LogP contribution is -2.21. The number of aromatic hydroxyl groups is 1. The summed E-state index contributed by atoms with van der Waals surface area (Å²) in [5.74, 6) is -0.536. The number of nitrogens with zero attached hydrogens (tertiary/aromatic N) is 1. The summed E-state index contributed by atoms with van der Waals surface area (Å²) in [4.78, 5) is 13.8. The highest BCUT2D eigenvalue weighted by molar-refractivity contribution is 7.12. The molecule has 7 nitrogen and oxygen atoms in total. The number of benzene rings is 1. The Hall–Kier alpha value is -3.18. The van der Waals surface area contributed by atoms with Crippen LogP contribution in [0.2, 0.25) is 0 Å². The Bertz CT molecular complexity index is 987. The second kappa shape index (κ2) is 7.21. The number of ether oxygens (including phenoxy) is 3. The van der Waals surface area contributed by atoms with Gasteiger partial charge in [0, 0.05) is 4.88 Å². The Kier molecular flexibility index (Phi) is 4.97. The van der Waals surface area contributed by atoms with E-state index in [4.69, 9.17) is 19.9 Å². The highest BCUT2D eigenvalue weighted by Crippen LogP contribution is 2.50. The third kappa shape index (κ3) is 3.06. The zero-order valence-corrected chi connectivity index (χ0v) is 15.8. The molecule has 0 bridgehead atoms. The third-order valence-electron chi connectivity index (χ3n) is 4.23. The summed E-state index contributed by atoms with van der Waals surface area (Å²) < 4.78 is 16.0. The van der Waals surface area contributed by atoms with Crippen molar-refractivity contribution in [1.82, 2.24) is 0 Å². The zero-order valence-electron chi connectivity index (χ0n) is 15.0. The van der Waals surface area contributed by atoms with Gasteiger partial charge < -0.3 is 25.1 Å². The number of hydrogen-bond acceptors (Lipinski definition) is 8. The summed E-state index contributed by atoms with van der Waals surface area (Å²) >= 11 is 1.34. The van der Waals surface area contributed by atoms with E-state index in [1.165, 1.54) is 24.5 Å². The predicted molar refractivity (Wildman–Crippen MR) is 99.0 cm³/mol. The molecule has 0 saturated heterocycles. The van der Waals surface area contributed by atoms with Gasteiger partial charge in [0.05, 0.1) is 24.5 Å². The van der Waals surface area contributed by atoms with E-state index in [-0.39, 0.29) is 29.6 Å². The maximum atomic E-state index is 12.4. The SMILES string of the molecule is CCOC(=O)c1c(C)sc2c1OC(N)=C(C#N)C2c1ccc(O)c(OC)c1. The number of aryl methyl sites for hydroxylation is 1. The maximum Gasteiger partial charge on any atom is 0.343 e. The van der Waals surface area contributed by atoms with Crippen LogP contribution in [0.1, 0.15) is 38.5 Å². The molecule has 1 aromatic carbocycles. The van der Waals surface area contributed by atoms with Crippen molar-refractivity contribution in [2.75, 3.05) is 13.7 Å². The van der Waals surface area contributed by atoms with Gasteiger partial charge >= 0.3 is 5.97 Å². The molecular formula is C19H18N2O5S. The van der Waals surface area contributed by atoms with E-state index in [1.807, 2.05) is 0 Å². The molecule has 8 heteroatoms. The van der Waals surface area contributed by atoms with Crippen molar-refractivity contribution in [3.63, 3.8) is 0 Å². The molecule has 27 heavy (non-hydrogen) atoms. The van der Waals surface area contributed by atoms with Crippen LogP contribution in [0.15, 0.2) is 29.7 Å². The van der Waals surface area contributed by atoms with Crippen molar-refractivity contribution in [3.8, 4) is 23.3 Å². The minimum absolute atomic E-state index is 0.0152. The molecule has 1 aromatic heterocycles. The Balaban J connectivity index is 2.22. The number of carbonyl (C=O) groups excluding carboxylic acids is 1. The molecule has 1 unspecified atom stereocenters. The van der Waals surface area contributed by atoms with Gasteiger partial charge in [-0.2, -0.15) is 5.26 Å². The number of phenolic OH excluding ortho intramolecular Hbond substituents is 1. The van der Waals surface area contributed by atoms with Crippen molar-refractivity contribution in [2.24, 2.45) is 5.73 Å². The molecule has 0 saturated carbocycles. The molecule has 2 heterocycles. The van der Waals surface area contributed by atoms with Crippen LogP contribution < -0.4 is 15.2 Å². The van der Waals surface area contributed by atoms with Crippen LogP contribution in [-0.4, -0.2) is 24.8 Å². The number of phenols is 1. The van der Waals surface area contributed by atoms with Crippen LogP contribution in [0.4, 0.5) is 0 Å². The van der Waals surface area contributed by atoms with Crippen LogP contribution in [-0.2, 0) is 4.74 Å². The smallest absolute Gasteiger partial charge is 0.343 e. The van der Waals surface area contributed by atoms with Crippen LogP contribution in [0, 0.1) is 18.3 Å². The van der Waals surface area contributed by atoms with Gasteiger partial charge in [0.25, 0.3) is 0 Å². The second-order valence-electron chi connectivity index (χ2n) is 5.80. The molecule has 2 aromatic rings. The second-order valence-corrected chi connectivity index (χ2v) is 7.06. The van der Waals surface area contributed by atoms with Gasteiger partial charge in [-0.25, -0.2) is 4.79 Å². The van der Waals surface area contributed by atoms with E-state index in [0.717, 1.165) is 0 Å². The molecule has 1 atom stereocenters. The summed E-state index contributed by atoms with van der Waals surface area (Å²) in [6, 6.07) is 6.90.